The molecule has 0 unspecified atom stereocenters. The van der Waals surface area contributed by atoms with E-state index in [2.05, 4.69) is 10.1 Å². The van der Waals surface area contributed by atoms with Crippen LogP contribution in [0.4, 0.5) is 18.9 Å². The van der Waals surface area contributed by atoms with Crippen molar-refractivity contribution in [2.45, 2.75) is 6.18 Å². The number of nitrogens with one attached hydrogen (secondary N) is 1. The predicted molar refractivity (Wildman–Crippen MR) is 70.0 cm³/mol. The van der Waals surface area contributed by atoms with Crippen LogP contribution >= 0.6 is 23.4 Å². The average molecular weight is 314 g/mol. The van der Waals surface area contributed by atoms with Crippen molar-refractivity contribution in [3.05, 3.63) is 23.2 Å². The SMILES string of the molecule is CSCC(=O)Nc1cc(Cl)ccc1OCC(F)(F)F. The molecular formula is C11H11ClF3NO2S. The Morgan fingerprint density at radius 1 is 1.47 bits per heavy atom. The maximum absolute atomic E-state index is 12.1. The zero-order chi connectivity index (χ0) is 14.5. The van der Waals surface area contributed by atoms with E-state index in [0.717, 1.165) is 0 Å². The topological polar surface area (TPSA) is 38.3 Å². The van der Waals surface area contributed by atoms with Crippen LogP contribution in [0.1, 0.15) is 0 Å². The summed E-state index contributed by atoms with van der Waals surface area (Å²) in [5, 5.41) is 2.74. The molecule has 8 heteroatoms. The second-order valence-corrected chi connectivity index (χ2v) is 4.83. The van der Waals surface area contributed by atoms with Gasteiger partial charge in [-0.05, 0) is 24.5 Å². The molecule has 3 nitrogen and oxygen atoms in total. The zero-order valence-electron chi connectivity index (χ0n) is 9.88. The highest BCUT2D eigenvalue weighted by atomic mass is 35.5. The number of alkyl halides is 3. The molecule has 1 amide bonds. The second kappa shape index (κ2) is 6.91. The lowest BCUT2D eigenvalue weighted by molar-refractivity contribution is -0.153. The minimum atomic E-state index is -4.44. The Kier molecular flexibility index (Phi) is 5.81. The normalized spacial score (nSPS) is 11.2. The van der Waals surface area contributed by atoms with Gasteiger partial charge < -0.3 is 10.1 Å². The van der Waals surface area contributed by atoms with E-state index in [4.69, 9.17) is 11.6 Å². The summed E-state index contributed by atoms with van der Waals surface area (Å²) in [5.74, 6) is -0.228. The van der Waals surface area contributed by atoms with Gasteiger partial charge in [0.15, 0.2) is 6.61 Å². The van der Waals surface area contributed by atoms with Crippen LogP contribution in [0.25, 0.3) is 0 Å². The van der Waals surface area contributed by atoms with Gasteiger partial charge in [-0.25, -0.2) is 0 Å². The summed E-state index contributed by atoms with van der Waals surface area (Å²) < 4.78 is 40.9. The number of hydrogen-bond donors (Lipinski definition) is 1. The van der Waals surface area contributed by atoms with Crippen LogP contribution in [0.5, 0.6) is 5.75 Å². The fraction of sp³-hybridized carbons (Fsp3) is 0.364. The minimum Gasteiger partial charge on any atom is -0.482 e. The van der Waals surface area contributed by atoms with Crippen molar-refractivity contribution in [2.75, 3.05) is 23.9 Å². The highest BCUT2D eigenvalue weighted by molar-refractivity contribution is 7.99. The molecule has 106 valence electrons. The third-order valence-corrected chi connectivity index (χ3v) is 2.67. The van der Waals surface area contributed by atoms with Crippen molar-refractivity contribution in [2.24, 2.45) is 0 Å². The van der Waals surface area contributed by atoms with Crippen LogP contribution in [-0.2, 0) is 4.79 Å². The molecule has 0 atom stereocenters. The highest BCUT2D eigenvalue weighted by Gasteiger charge is 2.29. The van der Waals surface area contributed by atoms with E-state index in [0.29, 0.717) is 5.02 Å². The second-order valence-electron chi connectivity index (χ2n) is 3.53. The standard InChI is InChI=1S/C11H11ClF3NO2S/c1-19-5-10(17)16-8-4-7(12)2-3-9(8)18-6-11(13,14)15/h2-4H,5-6H2,1H3,(H,16,17). The Morgan fingerprint density at radius 2 is 2.16 bits per heavy atom. The number of benzene rings is 1. The molecule has 1 N–H and O–H groups in total. The number of carbonyl (C=O) groups is 1. The van der Waals surface area contributed by atoms with Crippen LogP contribution in [0.2, 0.25) is 5.02 Å². The lowest BCUT2D eigenvalue weighted by Gasteiger charge is -2.14. The van der Waals surface area contributed by atoms with Gasteiger partial charge in [0, 0.05) is 5.02 Å². The molecule has 0 radical (unpaired) electrons. The molecule has 1 aromatic carbocycles. The van der Waals surface area contributed by atoms with E-state index in [1.165, 1.54) is 30.0 Å². The van der Waals surface area contributed by atoms with E-state index >= 15 is 0 Å². The molecule has 1 rings (SSSR count). The van der Waals surface area contributed by atoms with Gasteiger partial charge in [-0.1, -0.05) is 11.6 Å². The molecule has 0 fully saturated rings. The fourth-order valence-electron chi connectivity index (χ4n) is 1.20. The molecule has 0 bridgehead atoms. The molecule has 1 aromatic rings. The van der Waals surface area contributed by atoms with E-state index in [-0.39, 0.29) is 23.1 Å². The summed E-state index contributed by atoms with van der Waals surface area (Å²) in [7, 11) is 0. The first-order valence-electron chi connectivity index (χ1n) is 5.09. The monoisotopic (exact) mass is 313 g/mol. The van der Waals surface area contributed by atoms with Crippen LogP contribution in [-0.4, -0.2) is 30.7 Å². The minimum absolute atomic E-state index is 0.0730. The van der Waals surface area contributed by atoms with Gasteiger partial charge in [-0.15, -0.1) is 0 Å². The van der Waals surface area contributed by atoms with Crippen molar-refractivity contribution < 1.29 is 22.7 Å². The van der Waals surface area contributed by atoms with Gasteiger partial charge in [0.25, 0.3) is 0 Å². The maximum atomic E-state index is 12.1. The molecule has 0 aromatic heterocycles. The molecular weight excluding hydrogens is 303 g/mol. The first kappa shape index (κ1) is 16.0. The number of ether oxygens (including phenoxy) is 1. The molecule has 0 saturated carbocycles. The van der Waals surface area contributed by atoms with Crippen molar-refractivity contribution in [1.82, 2.24) is 0 Å². The van der Waals surface area contributed by atoms with E-state index < -0.39 is 12.8 Å². The van der Waals surface area contributed by atoms with Gasteiger partial charge in [0.2, 0.25) is 5.91 Å². The smallest absolute Gasteiger partial charge is 0.422 e. The molecule has 0 aliphatic carbocycles. The Balaban J connectivity index is 2.82. The van der Waals surface area contributed by atoms with Gasteiger partial charge in [-0.3, -0.25) is 4.79 Å². The summed E-state index contributed by atoms with van der Waals surface area (Å²) >= 11 is 7.02. The van der Waals surface area contributed by atoms with E-state index in [1.807, 2.05) is 0 Å². The van der Waals surface area contributed by atoms with Gasteiger partial charge in [0.1, 0.15) is 5.75 Å². The third-order valence-electron chi connectivity index (χ3n) is 1.88. The first-order valence-corrected chi connectivity index (χ1v) is 6.87. The van der Waals surface area contributed by atoms with Crippen molar-refractivity contribution in [1.29, 1.82) is 0 Å². The van der Waals surface area contributed by atoms with Gasteiger partial charge >= 0.3 is 6.18 Å². The zero-order valence-corrected chi connectivity index (χ0v) is 11.5. The van der Waals surface area contributed by atoms with Crippen LogP contribution in [0, 0.1) is 0 Å². The van der Waals surface area contributed by atoms with Gasteiger partial charge in [-0.2, -0.15) is 24.9 Å². The molecule has 0 saturated heterocycles. The van der Waals surface area contributed by atoms with Crippen LogP contribution < -0.4 is 10.1 Å². The van der Waals surface area contributed by atoms with Crippen LogP contribution in [0.15, 0.2) is 18.2 Å². The summed E-state index contributed by atoms with van der Waals surface area (Å²) in [6.45, 7) is -1.43. The van der Waals surface area contributed by atoms with Crippen molar-refractivity contribution >= 4 is 35.0 Å². The molecule has 0 spiro atoms. The number of thioether (sulfide) groups is 1. The lowest BCUT2D eigenvalue weighted by atomic mass is 10.3. The van der Waals surface area contributed by atoms with Crippen molar-refractivity contribution in [3.8, 4) is 5.75 Å². The van der Waals surface area contributed by atoms with Crippen molar-refractivity contribution in [3.63, 3.8) is 0 Å². The number of carbonyl (C=O) groups excluding carboxylic acids is 1. The molecule has 0 aliphatic rings. The van der Waals surface area contributed by atoms with Gasteiger partial charge in [0.05, 0.1) is 11.4 Å². The Morgan fingerprint density at radius 3 is 2.74 bits per heavy atom. The highest BCUT2D eigenvalue weighted by Crippen LogP contribution is 2.29. The molecule has 0 heterocycles. The Bertz CT molecular complexity index is 454. The fourth-order valence-corrected chi connectivity index (χ4v) is 1.71. The first-order chi connectivity index (χ1) is 8.81. The quantitative estimate of drug-likeness (QED) is 0.903. The number of hydrogen-bond acceptors (Lipinski definition) is 3. The van der Waals surface area contributed by atoms with E-state index in [9.17, 15) is 18.0 Å². The lowest BCUT2D eigenvalue weighted by Crippen LogP contribution is -2.20. The average Bonchev–Trinajstić information content (AvgIpc) is 2.27. The largest absolute Gasteiger partial charge is 0.482 e. The predicted octanol–water partition coefficient (Wildman–Crippen LogP) is 3.58. The Hall–Kier alpha value is -1.08. The summed E-state index contributed by atoms with van der Waals surface area (Å²) in [6, 6.07) is 4.01. The third kappa shape index (κ3) is 6.07. The maximum Gasteiger partial charge on any atom is 0.422 e. The number of rotatable bonds is 5. The number of halogens is 4. The summed E-state index contributed by atoms with van der Waals surface area (Å²) in [6.07, 6.45) is -2.71. The summed E-state index contributed by atoms with van der Waals surface area (Å²) in [4.78, 5) is 11.4. The summed E-state index contributed by atoms with van der Waals surface area (Å²) in [5.41, 5.74) is 0.121. The Labute approximate surface area is 117 Å². The number of amides is 1. The van der Waals surface area contributed by atoms with Crippen LogP contribution in [0.3, 0.4) is 0 Å². The molecule has 0 aliphatic heterocycles. The van der Waals surface area contributed by atoms with E-state index in [1.54, 1.807) is 6.26 Å². The molecule has 19 heavy (non-hydrogen) atoms. The number of anilines is 1.